The largest absolute Gasteiger partial charge is 0.321 e. The van der Waals surface area contributed by atoms with Crippen molar-refractivity contribution in [2.45, 2.75) is 25.3 Å². The van der Waals surface area contributed by atoms with Gasteiger partial charge in [-0.3, -0.25) is 0 Å². The molecule has 0 aromatic heterocycles. The second-order valence-corrected chi connectivity index (χ2v) is 4.87. The molecule has 2 atom stereocenters. The SMILES string of the molecule is CCC1CC1(N)c1ccc(F)c(F)c1Br. The average Bonchev–Trinajstić information content (AvgIpc) is 2.87. The summed E-state index contributed by atoms with van der Waals surface area (Å²) in [7, 11) is 0. The molecule has 15 heavy (non-hydrogen) atoms. The minimum atomic E-state index is -0.848. The zero-order valence-corrected chi connectivity index (χ0v) is 9.94. The van der Waals surface area contributed by atoms with Gasteiger partial charge in [0.15, 0.2) is 11.6 Å². The summed E-state index contributed by atoms with van der Waals surface area (Å²) in [5, 5.41) is 0. The van der Waals surface area contributed by atoms with E-state index in [9.17, 15) is 8.78 Å². The van der Waals surface area contributed by atoms with Crippen molar-refractivity contribution in [2.75, 3.05) is 0 Å². The van der Waals surface area contributed by atoms with E-state index in [0.29, 0.717) is 11.5 Å². The molecule has 0 heterocycles. The Hall–Kier alpha value is -0.480. The Morgan fingerprint density at radius 1 is 1.53 bits per heavy atom. The number of rotatable bonds is 2. The first-order chi connectivity index (χ1) is 7.00. The minimum absolute atomic E-state index is 0.168. The van der Waals surface area contributed by atoms with Gasteiger partial charge in [0, 0.05) is 5.54 Å². The Morgan fingerprint density at radius 2 is 2.20 bits per heavy atom. The average molecular weight is 276 g/mol. The third kappa shape index (κ3) is 1.60. The maximum absolute atomic E-state index is 13.3. The van der Waals surface area contributed by atoms with Crippen molar-refractivity contribution in [2.24, 2.45) is 11.7 Å². The van der Waals surface area contributed by atoms with Crippen LogP contribution in [0.4, 0.5) is 8.78 Å². The van der Waals surface area contributed by atoms with E-state index in [1.807, 2.05) is 6.92 Å². The van der Waals surface area contributed by atoms with Crippen molar-refractivity contribution < 1.29 is 8.78 Å². The van der Waals surface area contributed by atoms with E-state index in [1.54, 1.807) is 6.07 Å². The third-order valence-electron chi connectivity index (χ3n) is 3.18. The van der Waals surface area contributed by atoms with Crippen LogP contribution in [0, 0.1) is 17.6 Å². The summed E-state index contributed by atoms with van der Waals surface area (Å²) in [5.74, 6) is -1.32. The van der Waals surface area contributed by atoms with E-state index in [4.69, 9.17) is 5.73 Å². The lowest BCUT2D eigenvalue weighted by Crippen LogP contribution is -2.23. The highest BCUT2D eigenvalue weighted by Gasteiger charge is 2.52. The van der Waals surface area contributed by atoms with Crippen LogP contribution in [0.3, 0.4) is 0 Å². The molecule has 0 aliphatic heterocycles. The van der Waals surface area contributed by atoms with Crippen molar-refractivity contribution in [3.8, 4) is 0 Å². The topological polar surface area (TPSA) is 26.0 Å². The Kier molecular flexibility index (Phi) is 2.59. The van der Waals surface area contributed by atoms with E-state index in [2.05, 4.69) is 15.9 Å². The third-order valence-corrected chi connectivity index (χ3v) is 3.96. The molecule has 0 amide bonds. The van der Waals surface area contributed by atoms with Gasteiger partial charge in [-0.2, -0.15) is 0 Å². The minimum Gasteiger partial charge on any atom is -0.321 e. The molecule has 1 nitrogen and oxygen atoms in total. The highest BCUT2D eigenvalue weighted by atomic mass is 79.9. The second kappa shape index (κ2) is 3.52. The van der Waals surface area contributed by atoms with Crippen molar-refractivity contribution in [3.05, 3.63) is 33.8 Å². The van der Waals surface area contributed by atoms with Crippen molar-refractivity contribution >= 4 is 15.9 Å². The van der Waals surface area contributed by atoms with Crippen LogP contribution in [0.2, 0.25) is 0 Å². The Bertz CT molecular complexity index is 408. The molecule has 82 valence electrons. The molecule has 2 unspecified atom stereocenters. The number of nitrogens with two attached hydrogens (primary N) is 1. The first kappa shape index (κ1) is 11.0. The lowest BCUT2D eigenvalue weighted by Gasteiger charge is -2.14. The van der Waals surface area contributed by atoms with Crippen molar-refractivity contribution in [3.63, 3.8) is 0 Å². The summed E-state index contributed by atoms with van der Waals surface area (Å²) in [6.07, 6.45) is 1.80. The predicted molar refractivity (Wildman–Crippen MR) is 58.3 cm³/mol. The summed E-state index contributed by atoms with van der Waals surface area (Å²) in [6.45, 7) is 2.05. The summed E-state index contributed by atoms with van der Waals surface area (Å²) in [4.78, 5) is 0. The first-order valence-corrected chi connectivity index (χ1v) is 5.73. The maximum atomic E-state index is 13.3. The Morgan fingerprint density at radius 3 is 2.73 bits per heavy atom. The molecule has 1 saturated carbocycles. The zero-order valence-electron chi connectivity index (χ0n) is 8.36. The zero-order chi connectivity index (χ0) is 11.2. The standard InChI is InChI=1S/C11H12BrF2N/c1-2-6-5-11(6,15)7-3-4-8(13)10(14)9(7)12/h3-4,6H,2,5,15H2,1H3. The van der Waals surface area contributed by atoms with Gasteiger partial charge in [0.25, 0.3) is 0 Å². The van der Waals surface area contributed by atoms with Gasteiger partial charge >= 0.3 is 0 Å². The van der Waals surface area contributed by atoms with E-state index < -0.39 is 17.2 Å². The maximum Gasteiger partial charge on any atom is 0.173 e. The fourth-order valence-electron chi connectivity index (χ4n) is 2.07. The normalized spacial score (nSPS) is 29.3. The smallest absolute Gasteiger partial charge is 0.173 e. The molecule has 2 rings (SSSR count). The quantitative estimate of drug-likeness (QED) is 0.824. The molecular weight excluding hydrogens is 264 g/mol. The van der Waals surface area contributed by atoms with Crippen molar-refractivity contribution in [1.29, 1.82) is 0 Å². The summed E-state index contributed by atoms with van der Waals surface area (Å²) >= 11 is 3.07. The van der Waals surface area contributed by atoms with E-state index in [-0.39, 0.29) is 4.47 Å². The van der Waals surface area contributed by atoms with Gasteiger partial charge in [0.05, 0.1) is 4.47 Å². The molecule has 4 heteroatoms. The Labute approximate surface area is 95.8 Å². The molecule has 1 fully saturated rings. The number of halogens is 3. The van der Waals surface area contributed by atoms with Crippen LogP contribution in [-0.4, -0.2) is 0 Å². The first-order valence-electron chi connectivity index (χ1n) is 4.93. The van der Waals surface area contributed by atoms with Crippen LogP contribution in [0.1, 0.15) is 25.3 Å². The van der Waals surface area contributed by atoms with Crippen LogP contribution >= 0.6 is 15.9 Å². The highest BCUT2D eigenvalue weighted by molar-refractivity contribution is 9.10. The van der Waals surface area contributed by atoms with Crippen molar-refractivity contribution in [1.82, 2.24) is 0 Å². The number of hydrogen-bond acceptors (Lipinski definition) is 1. The molecule has 1 aromatic carbocycles. The second-order valence-electron chi connectivity index (χ2n) is 4.07. The van der Waals surface area contributed by atoms with Gasteiger partial charge in [-0.1, -0.05) is 19.4 Å². The number of hydrogen-bond donors (Lipinski definition) is 1. The lowest BCUT2D eigenvalue weighted by molar-refractivity contribution is 0.496. The van der Waals surface area contributed by atoms with Crippen LogP contribution in [0.15, 0.2) is 16.6 Å². The van der Waals surface area contributed by atoms with E-state index >= 15 is 0 Å². The van der Waals surface area contributed by atoms with Gasteiger partial charge < -0.3 is 5.73 Å². The predicted octanol–water partition coefficient (Wildman–Crippen LogP) is 3.31. The van der Waals surface area contributed by atoms with Crippen LogP contribution in [0.5, 0.6) is 0 Å². The molecule has 1 aromatic rings. The van der Waals surface area contributed by atoms with E-state index in [0.717, 1.165) is 18.9 Å². The molecule has 0 radical (unpaired) electrons. The van der Waals surface area contributed by atoms with Crippen LogP contribution in [-0.2, 0) is 5.54 Å². The van der Waals surface area contributed by atoms with Crippen LogP contribution < -0.4 is 5.73 Å². The highest BCUT2D eigenvalue weighted by Crippen LogP contribution is 2.53. The fraction of sp³-hybridized carbons (Fsp3) is 0.455. The summed E-state index contributed by atoms with van der Waals surface area (Å²) in [5.41, 5.74) is 6.33. The van der Waals surface area contributed by atoms with E-state index in [1.165, 1.54) is 0 Å². The molecule has 1 aliphatic carbocycles. The molecule has 2 N–H and O–H groups in total. The van der Waals surface area contributed by atoms with Gasteiger partial charge in [0.2, 0.25) is 0 Å². The lowest BCUT2D eigenvalue weighted by atomic mass is 10.0. The van der Waals surface area contributed by atoms with Gasteiger partial charge in [-0.25, -0.2) is 8.78 Å². The Balaban J connectivity index is 2.43. The summed E-state index contributed by atoms with van der Waals surface area (Å²) in [6, 6.07) is 2.70. The monoisotopic (exact) mass is 275 g/mol. The molecule has 0 bridgehead atoms. The van der Waals surface area contributed by atoms with Gasteiger partial charge in [-0.05, 0) is 39.9 Å². The fourth-order valence-corrected chi connectivity index (χ4v) is 2.76. The molecule has 0 saturated heterocycles. The number of benzene rings is 1. The van der Waals surface area contributed by atoms with Gasteiger partial charge in [0.1, 0.15) is 0 Å². The molecular formula is C11H12BrF2N. The summed E-state index contributed by atoms with van der Waals surface area (Å²) < 4.78 is 26.4. The van der Waals surface area contributed by atoms with Crippen LogP contribution in [0.25, 0.3) is 0 Å². The molecule has 1 aliphatic rings. The molecule has 0 spiro atoms. The van der Waals surface area contributed by atoms with Gasteiger partial charge in [-0.15, -0.1) is 0 Å².